The van der Waals surface area contributed by atoms with E-state index in [1.807, 2.05) is 58.0 Å². The molecule has 4 nitrogen and oxygen atoms in total. The van der Waals surface area contributed by atoms with Crippen molar-refractivity contribution in [1.82, 2.24) is 4.83 Å². The lowest BCUT2D eigenvalue weighted by Gasteiger charge is -2.22. The summed E-state index contributed by atoms with van der Waals surface area (Å²) >= 11 is 0. The van der Waals surface area contributed by atoms with Gasteiger partial charge in [-0.1, -0.05) is 77.9 Å². The number of rotatable bonds is 6. The standard InChI is InChI=1S/C24H32N2O2S/c1-15(2)19-13-21(16(3)4)24(22(14-19)17(5)6)29(27,28)26-25-23-12-11-18-9-7-8-10-20(18)23/h7-10,13-17,26H,11-12H2,1-6H3/b25-23-. The van der Waals surface area contributed by atoms with Crippen LogP contribution in [0.5, 0.6) is 0 Å². The van der Waals surface area contributed by atoms with Gasteiger partial charge >= 0.3 is 0 Å². The summed E-state index contributed by atoms with van der Waals surface area (Å²) in [4.78, 5) is 2.95. The molecule has 0 atom stereocenters. The smallest absolute Gasteiger partial charge is 0.200 e. The summed E-state index contributed by atoms with van der Waals surface area (Å²) in [7, 11) is -3.78. The van der Waals surface area contributed by atoms with Crippen LogP contribution in [0.15, 0.2) is 46.4 Å². The van der Waals surface area contributed by atoms with Crippen LogP contribution in [0.3, 0.4) is 0 Å². The van der Waals surface area contributed by atoms with Crippen molar-refractivity contribution in [2.75, 3.05) is 0 Å². The molecule has 0 saturated carbocycles. The molecule has 1 N–H and O–H groups in total. The molecule has 0 heterocycles. The van der Waals surface area contributed by atoms with E-state index >= 15 is 0 Å². The molecule has 0 fully saturated rings. The van der Waals surface area contributed by atoms with Crippen molar-refractivity contribution in [3.05, 3.63) is 64.2 Å². The van der Waals surface area contributed by atoms with E-state index in [1.165, 1.54) is 11.1 Å². The van der Waals surface area contributed by atoms with Crippen molar-refractivity contribution in [1.29, 1.82) is 0 Å². The Balaban J connectivity index is 2.08. The molecule has 0 unspecified atom stereocenters. The predicted molar refractivity (Wildman–Crippen MR) is 120 cm³/mol. The van der Waals surface area contributed by atoms with Gasteiger partial charge in [-0.25, -0.2) is 0 Å². The Kier molecular flexibility index (Phi) is 6.18. The molecule has 1 aliphatic rings. The average molecular weight is 413 g/mol. The quantitative estimate of drug-likeness (QED) is 0.620. The van der Waals surface area contributed by atoms with Gasteiger partial charge in [-0.3, -0.25) is 0 Å². The highest BCUT2D eigenvalue weighted by atomic mass is 32.2. The molecule has 0 spiro atoms. The van der Waals surface area contributed by atoms with Crippen molar-refractivity contribution in [2.24, 2.45) is 5.10 Å². The lowest BCUT2D eigenvalue weighted by atomic mass is 9.89. The lowest BCUT2D eigenvalue weighted by molar-refractivity contribution is 0.578. The fourth-order valence-electron chi connectivity index (χ4n) is 3.88. The second-order valence-corrected chi connectivity index (χ2v) is 10.4. The zero-order chi connectivity index (χ0) is 21.3. The maximum absolute atomic E-state index is 13.4. The molecular weight excluding hydrogens is 380 g/mol. The normalized spacial score (nSPS) is 15.6. The Morgan fingerprint density at radius 1 is 0.862 bits per heavy atom. The minimum Gasteiger partial charge on any atom is -0.200 e. The zero-order valence-corrected chi connectivity index (χ0v) is 19.1. The number of hydrogen-bond acceptors (Lipinski definition) is 3. The maximum Gasteiger partial charge on any atom is 0.277 e. The Morgan fingerprint density at radius 2 is 1.45 bits per heavy atom. The van der Waals surface area contributed by atoms with Gasteiger partial charge in [-0.2, -0.15) is 18.4 Å². The molecule has 0 amide bonds. The molecule has 0 aromatic heterocycles. The van der Waals surface area contributed by atoms with Crippen LogP contribution in [-0.4, -0.2) is 14.1 Å². The van der Waals surface area contributed by atoms with Gasteiger partial charge in [0.1, 0.15) is 0 Å². The summed E-state index contributed by atoms with van der Waals surface area (Å²) in [6.07, 6.45) is 1.65. The second-order valence-electron chi connectivity index (χ2n) is 8.80. The number of fused-ring (bicyclic) bond motifs is 1. The van der Waals surface area contributed by atoms with Crippen molar-refractivity contribution in [3.63, 3.8) is 0 Å². The predicted octanol–water partition coefficient (Wildman–Crippen LogP) is 5.69. The summed E-state index contributed by atoms with van der Waals surface area (Å²) in [6, 6.07) is 12.1. The van der Waals surface area contributed by atoms with Gasteiger partial charge in [-0.15, -0.1) is 0 Å². The first kappa shape index (κ1) is 21.6. The Morgan fingerprint density at radius 3 is 2.00 bits per heavy atom. The summed E-state index contributed by atoms with van der Waals surface area (Å²) < 4.78 is 26.8. The largest absolute Gasteiger partial charge is 0.277 e. The van der Waals surface area contributed by atoms with E-state index < -0.39 is 10.0 Å². The molecule has 1 aliphatic carbocycles. The molecule has 3 rings (SSSR count). The van der Waals surface area contributed by atoms with E-state index in [2.05, 4.69) is 29.8 Å². The molecule has 5 heteroatoms. The van der Waals surface area contributed by atoms with Crippen LogP contribution in [0.1, 0.15) is 93.5 Å². The molecule has 2 aromatic carbocycles. The maximum atomic E-state index is 13.4. The summed E-state index contributed by atoms with van der Waals surface area (Å²) in [5.74, 6) is 0.528. The number of aryl methyl sites for hydroxylation is 1. The fourth-order valence-corrected chi connectivity index (χ4v) is 5.42. The Bertz CT molecular complexity index is 1010. The molecule has 0 saturated heterocycles. The van der Waals surface area contributed by atoms with Gasteiger partial charge in [0.15, 0.2) is 0 Å². The summed E-state index contributed by atoms with van der Waals surface area (Å²) in [5.41, 5.74) is 5.96. The number of nitrogens with one attached hydrogen (secondary N) is 1. The second kappa shape index (κ2) is 8.31. The number of hydrazone groups is 1. The van der Waals surface area contributed by atoms with E-state index in [9.17, 15) is 8.42 Å². The number of benzene rings is 2. The first-order valence-electron chi connectivity index (χ1n) is 10.5. The van der Waals surface area contributed by atoms with Crippen LogP contribution in [0.25, 0.3) is 0 Å². The topological polar surface area (TPSA) is 58.5 Å². The van der Waals surface area contributed by atoms with E-state index in [1.54, 1.807) is 0 Å². The molecule has 0 aliphatic heterocycles. The first-order valence-corrected chi connectivity index (χ1v) is 11.9. The third-order valence-electron chi connectivity index (χ3n) is 5.61. The Labute approximate surface area is 175 Å². The van der Waals surface area contributed by atoms with E-state index in [-0.39, 0.29) is 11.8 Å². The monoisotopic (exact) mass is 412 g/mol. The van der Waals surface area contributed by atoms with Gasteiger partial charge in [-0.05, 0) is 52.8 Å². The van der Waals surface area contributed by atoms with Crippen LogP contribution in [-0.2, 0) is 16.4 Å². The fraction of sp³-hybridized carbons (Fsp3) is 0.458. The minimum atomic E-state index is -3.78. The summed E-state index contributed by atoms with van der Waals surface area (Å²) in [6.45, 7) is 12.5. The van der Waals surface area contributed by atoms with E-state index in [4.69, 9.17) is 0 Å². The third-order valence-corrected chi connectivity index (χ3v) is 6.95. The highest BCUT2D eigenvalue weighted by Crippen LogP contribution is 2.35. The van der Waals surface area contributed by atoms with Crippen molar-refractivity contribution in [3.8, 4) is 0 Å². The highest BCUT2D eigenvalue weighted by Gasteiger charge is 2.27. The SMILES string of the molecule is CC(C)c1cc(C(C)C)c(S(=O)(=O)N/N=C2/CCc3ccccc32)c(C(C)C)c1. The van der Waals surface area contributed by atoms with Crippen LogP contribution in [0, 0.1) is 0 Å². The third kappa shape index (κ3) is 4.40. The van der Waals surface area contributed by atoms with Gasteiger partial charge in [0, 0.05) is 5.56 Å². The molecule has 29 heavy (non-hydrogen) atoms. The lowest BCUT2D eigenvalue weighted by Crippen LogP contribution is -2.24. The van der Waals surface area contributed by atoms with E-state index in [0.717, 1.165) is 35.2 Å². The number of nitrogens with zero attached hydrogens (tertiary/aromatic N) is 1. The van der Waals surface area contributed by atoms with Crippen LogP contribution < -0.4 is 4.83 Å². The van der Waals surface area contributed by atoms with Crippen molar-refractivity contribution in [2.45, 2.75) is 77.0 Å². The van der Waals surface area contributed by atoms with Crippen LogP contribution >= 0.6 is 0 Å². The van der Waals surface area contributed by atoms with Crippen LogP contribution in [0.2, 0.25) is 0 Å². The molecular formula is C24H32N2O2S. The van der Waals surface area contributed by atoms with Crippen LogP contribution in [0.4, 0.5) is 0 Å². The average Bonchev–Trinajstić information content (AvgIpc) is 3.08. The van der Waals surface area contributed by atoms with Crippen molar-refractivity contribution < 1.29 is 8.42 Å². The number of hydrogen-bond donors (Lipinski definition) is 1. The molecule has 2 aromatic rings. The van der Waals surface area contributed by atoms with Gasteiger partial charge in [0.05, 0.1) is 10.6 Å². The molecule has 0 radical (unpaired) electrons. The Hall–Kier alpha value is -2.14. The van der Waals surface area contributed by atoms with Crippen molar-refractivity contribution >= 4 is 15.7 Å². The zero-order valence-electron chi connectivity index (χ0n) is 18.3. The minimum absolute atomic E-state index is 0.0950. The van der Waals surface area contributed by atoms with Gasteiger partial charge in [0.2, 0.25) is 0 Å². The summed E-state index contributed by atoms with van der Waals surface area (Å²) in [5, 5.41) is 4.35. The van der Waals surface area contributed by atoms with E-state index in [0.29, 0.717) is 10.8 Å². The molecule has 0 bridgehead atoms. The highest BCUT2D eigenvalue weighted by molar-refractivity contribution is 7.89. The number of sulfonamides is 1. The first-order chi connectivity index (χ1) is 13.6. The molecule has 156 valence electrons. The van der Waals surface area contributed by atoms with Gasteiger partial charge < -0.3 is 0 Å². The van der Waals surface area contributed by atoms with Gasteiger partial charge in [0.25, 0.3) is 10.0 Å².